The fourth-order valence-electron chi connectivity index (χ4n) is 1.42. The monoisotopic (exact) mass is 264 g/mol. The van der Waals surface area contributed by atoms with Gasteiger partial charge in [-0.15, -0.1) is 0 Å². The van der Waals surface area contributed by atoms with Gasteiger partial charge in [0, 0.05) is 0 Å². The summed E-state index contributed by atoms with van der Waals surface area (Å²) in [6, 6.07) is 0. The first kappa shape index (κ1) is 14.9. The van der Waals surface area contributed by atoms with Gasteiger partial charge in [0.25, 0.3) is 0 Å². The zero-order chi connectivity index (χ0) is 13.7. The maximum atomic E-state index is 11.1. The topological polar surface area (TPSA) is 126 Å². The molecule has 1 fully saturated rings. The first-order valence-electron chi connectivity index (χ1n) is 5.26. The van der Waals surface area contributed by atoms with Gasteiger partial charge in [0.15, 0.2) is 0 Å². The predicted molar refractivity (Wildman–Crippen MR) is 56.4 cm³/mol. The Labute approximate surface area is 103 Å². The van der Waals surface area contributed by atoms with Crippen LogP contribution in [0.3, 0.4) is 0 Å². The van der Waals surface area contributed by atoms with Crippen molar-refractivity contribution >= 4 is 6.16 Å². The quantitative estimate of drug-likeness (QED) is 0.343. The predicted octanol–water partition coefficient (Wildman–Crippen LogP) is -1.87. The summed E-state index contributed by atoms with van der Waals surface area (Å²) in [6.45, 7) is 2.63. The van der Waals surface area contributed by atoms with E-state index < -0.39 is 43.5 Å². The van der Waals surface area contributed by atoms with Gasteiger partial charge < -0.3 is 34.6 Å². The molecule has 0 amide bonds. The molecule has 5 atom stereocenters. The standard InChI is InChI=1S/C10H16O8/c1-2-3-16-10(15)18-9-8(14)7(13)6(12)5(4-11)17-9/h2,5-9,11-14H,1,3-4H2/t5-,6-,7+,8-,9+/m1/s1. The van der Waals surface area contributed by atoms with E-state index in [9.17, 15) is 20.1 Å². The highest BCUT2D eigenvalue weighted by Gasteiger charge is 2.45. The Morgan fingerprint density at radius 3 is 2.50 bits per heavy atom. The molecule has 0 aliphatic carbocycles. The Balaban J connectivity index is 2.58. The van der Waals surface area contributed by atoms with Crippen LogP contribution in [-0.2, 0) is 14.2 Å². The molecule has 0 radical (unpaired) electrons. The smallest absolute Gasteiger partial charge is 0.430 e. The largest absolute Gasteiger partial charge is 0.511 e. The lowest BCUT2D eigenvalue weighted by atomic mass is 9.99. The van der Waals surface area contributed by atoms with Crippen LogP contribution in [0.1, 0.15) is 0 Å². The van der Waals surface area contributed by atoms with Crippen LogP contribution in [0.4, 0.5) is 4.79 Å². The van der Waals surface area contributed by atoms with E-state index in [1.165, 1.54) is 6.08 Å². The van der Waals surface area contributed by atoms with Crippen molar-refractivity contribution in [2.75, 3.05) is 13.2 Å². The lowest BCUT2D eigenvalue weighted by Crippen LogP contribution is -2.59. The molecule has 0 aromatic rings. The number of ether oxygens (including phenoxy) is 3. The van der Waals surface area contributed by atoms with Crippen LogP contribution < -0.4 is 0 Å². The first-order valence-corrected chi connectivity index (χ1v) is 5.26. The Hall–Kier alpha value is -1.19. The molecule has 4 N–H and O–H groups in total. The van der Waals surface area contributed by atoms with E-state index >= 15 is 0 Å². The molecule has 0 saturated carbocycles. The normalized spacial score (nSPS) is 35.9. The molecular weight excluding hydrogens is 248 g/mol. The molecular formula is C10H16O8. The van der Waals surface area contributed by atoms with Gasteiger partial charge in [0.05, 0.1) is 6.61 Å². The van der Waals surface area contributed by atoms with Gasteiger partial charge >= 0.3 is 6.16 Å². The second kappa shape index (κ2) is 6.66. The summed E-state index contributed by atoms with van der Waals surface area (Å²) in [7, 11) is 0. The molecule has 0 aromatic carbocycles. The van der Waals surface area contributed by atoms with E-state index in [1.807, 2.05) is 0 Å². The Kier molecular flexibility index (Phi) is 5.51. The minimum absolute atomic E-state index is 0.0870. The van der Waals surface area contributed by atoms with Gasteiger partial charge in [-0.2, -0.15) is 0 Å². The zero-order valence-corrected chi connectivity index (χ0v) is 9.51. The molecule has 1 aliphatic rings. The number of aliphatic hydroxyl groups is 4. The molecule has 0 spiro atoms. The Bertz CT molecular complexity index is 292. The molecule has 8 heteroatoms. The third kappa shape index (κ3) is 3.40. The van der Waals surface area contributed by atoms with Crippen molar-refractivity contribution in [1.29, 1.82) is 0 Å². The second-order valence-electron chi connectivity index (χ2n) is 3.66. The molecule has 0 aromatic heterocycles. The maximum Gasteiger partial charge on any atom is 0.511 e. The molecule has 8 nitrogen and oxygen atoms in total. The van der Waals surface area contributed by atoms with Crippen LogP contribution in [0, 0.1) is 0 Å². The van der Waals surface area contributed by atoms with Gasteiger partial charge in [-0.3, -0.25) is 0 Å². The molecule has 1 saturated heterocycles. The van der Waals surface area contributed by atoms with Crippen molar-refractivity contribution < 1.29 is 39.4 Å². The number of carbonyl (C=O) groups is 1. The molecule has 0 bridgehead atoms. The third-order valence-corrected chi connectivity index (χ3v) is 2.38. The molecule has 1 rings (SSSR count). The van der Waals surface area contributed by atoms with Crippen molar-refractivity contribution in [3.63, 3.8) is 0 Å². The van der Waals surface area contributed by atoms with E-state index in [4.69, 9.17) is 9.84 Å². The molecule has 104 valence electrons. The van der Waals surface area contributed by atoms with Gasteiger partial charge in [0.2, 0.25) is 6.29 Å². The Morgan fingerprint density at radius 2 is 1.94 bits per heavy atom. The van der Waals surface area contributed by atoms with Crippen molar-refractivity contribution in [3.05, 3.63) is 12.7 Å². The second-order valence-corrected chi connectivity index (χ2v) is 3.66. The van der Waals surface area contributed by atoms with Crippen LogP contribution in [-0.4, -0.2) is 70.5 Å². The van der Waals surface area contributed by atoms with Crippen LogP contribution in [0.5, 0.6) is 0 Å². The summed E-state index contributed by atoms with van der Waals surface area (Å²) >= 11 is 0. The zero-order valence-electron chi connectivity index (χ0n) is 9.51. The highest BCUT2D eigenvalue weighted by Crippen LogP contribution is 2.22. The molecule has 1 aliphatic heterocycles. The van der Waals surface area contributed by atoms with Crippen LogP contribution >= 0.6 is 0 Å². The van der Waals surface area contributed by atoms with Gasteiger partial charge in [0.1, 0.15) is 31.0 Å². The lowest BCUT2D eigenvalue weighted by Gasteiger charge is -2.38. The fourth-order valence-corrected chi connectivity index (χ4v) is 1.42. The number of rotatable bonds is 4. The lowest BCUT2D eigenvalue weighted by molar-refractivity contribution is -0.288. The summed E-state index contributed by atoms with van der Waals surface area (Å²) in [4.78, 5) is 11.1. The van der Waals surface area contributed by atoms with Crippen molar-refractivity contribution in [2.45, 2.75) is 30.7 Å². The van der Waals surface area contributed by atoms with Crippen molar-refractivity contribution in [2.24, 2.45) is 0 Å². The van der Waals surface area contributed by atoms with Gasteiger partial charge in [-0.1, -0.05) is 12.7 Å². The van der Waals surface area contributed by atoms with Crippen LogP contribution in [0.25, 0.3) is 0 Å². The minimum Gasteiger partial charge on any atom is -0.430 e. The maximum absolute atomic E-state index is 11.1. The summed E-state index contributed by atoms with van der Waals surface area (Å²) in [5.74, 6) is 0. The third-order valence-electron chi connectivity index (χ3n) is 2.38. The van der Waals surface area contributed by atoms with Crippen molar-refractivity contribution in [3.8, 4) is 0 Å². The summed E-state index contributed by atoms with van der Waals surface area (Å²) in [5, 5.41) is 37.3. The van der Waals surface area contributed by atoms with E-state index in [0.29, 0.717) is 0 Å². The molecule has 18 heavy (non-hydrogen) atoms. The summed E-state index contributed by atoms with van der Waals surface area (Å²) < 4.78 is 14.0. The van der Waals surface area contributed by atoms with E-state index in [0.717, 1.165) is 0 Å². The Morgan fingerprint density at radius 1 is 1.28 bits per heavy atom. The highest BCUT2D eigenvalue weighted by molar-refractivity contribution is 5.60. The van der Waals surface area contributed by atoms with Gasteiger partial charge in [-0.05, 0) is 0 Å². The molecule has 0 unspecified atom stereocenters. The number of hydrogen-bond donors (Lipinski definition) is 4. The summed E-state index contributed by atoms with van der Waals surface area (Å²) in [5.41, 5.74) is 0. The fraction of sp³-hybridized carbons (Fsp3) is 0.700. The first-order chi connectivity index (χ1) is 8.51. The van der Waals surface area contributed by atoms with E-state index in [1.54, 1.807) is 0 Å². The minimum atomic E-state index is -1.64. The average Bonchev–Trinajstić information content (AvgIpc) is 2.37. The number of aliphatic hydroxyl groups excluding tert-OH is 4. The van der Waals surface area contributed by atoms with Crippen molar-refractivity contribution in [1.82, 2.24) is 0 Å². The SMILES string of the molecule is C=CCOC(=O)O[C@@H]1O[C@H](CO)[C@@H](O)[C@H](O)[C@H]1O. The van der Waals surface area contributed by atoms with E-state index in [2.05, 4.69) is 16.1 Å². The van der Waals surface area contributed by atoms with Crippen LogP contribution in [0.2, 0.25) is 0 Å². The van der Waals surface area contributed by atoms with Crippen LogP contribution in [0.15, 0.2) is 12.7 Å². The molecule has 1 heterocycles. The van der Waals surface area contributed by atoms with E-state index in [-0.39, 0.29) is 6.61 Å². The highest BCUT2D eigenvalue weighted by atomic mass is 16.8. The number of carbonyl (C=O) groups excluding carboxylic acids is 1. The summed E-state index contributed by atoms with van der Waals surface area (Å²) in [6.07, 6.45) is -7.23. The average molecular weight is 264 g/mol. The number of hydrogen-bond acceptors (Lipinski definition) is 8. The van der Waals surface area contributed by atoms with Gasteiger partial charge in [-0.25, -0.2) is 4.79 Å².